The predicted molar refractivity (Wildman–Crippen MR) is 79.2 cm³/mol. The number of thiocarbonyl (C=S) groups is 1. The molecule has 1 amide bonds. The highest BCUT2D eigenvalue weighted by Crippen LogP contribution is 2.20. The summed E-state index contributed by atoms with van der Waals surface area (Å²) in [5.74, 6) is 0.165. The van der Waals surface area contributed by atoms with E-state index in [0.29, 0.717) is 22.8 Å². The molecule has 0 aliphatic rings. The van der Waals surface area contributed by atoms with Crippen LogP contribution in [0.1, 0.15) is 23.9 Å². The number of hydrogen-bond donors (Lipinski definition) is 1. The zero-order valence-electron chi connectivity index (χ0n) is 10.9. The lowest BCUT2D eigenvalue weighted by atomic mass is 10.2. The minimum absolute atomic E-state index is 0.0572. The lowest BCUT2D eigenvalue weighted by Gasteiger charge is -2.23. The molecule has 5 heteroatoms. The highest BCUT2D eigenvalue weighted by Gasteiger charge is 2.21. The maximum absolute atomic E-state index is 12.3. The maximum atomic E-state index is 12.3. The highest BCUT2D eigenvalue weighted by molar-refractivity contribution is 7.80. The first-order valence-corrected chi connectivity index (χ1v) is 6.44. The van der Waals surface area contributed by atoms with E-state index < -0.39 is 0 Å². The Kier molecular flexibility index (Phi) is 3.85. The first-order chi connectivity index (χ1) is 8.99. The van der Waals surface area contributed by atoms with Crippen molar-refractivity contribution in [3.05, 3.63) is 36.1 Å². The quantitative estimate of drug-likeness (QED) is 0.872. The van der Waals surface area contributed by atoms with E-state index >= 15 is 0 Å². The molecule has 1 aromatic carbocycles. The Labute approximate surface area is 117 Å². The Morgan fingerprint density at radius 1 is 1.47 bits per heavy atom. The fourth-order valence-electron chi connectivity index (χ4n) is 1.89. The molecule has 4 nitrogen and oxygen atoms in total. The summed E-state index contributed by atoms with van der Waals surface area (Å²) >= 11 is 4.86. The van der Waals surface area contributed by atoms with Crippen molar-refractivity contribution < 1.29 is 9.21 Å². The molecule has 0 fully saturated rings. The van der Waals surface area contributed by atoms with Crippen LogP contribution in [0, 0.1) is 0 Å². The molecule has 1 aromatic heterocycles. The van der Waals surface area contributed by atoms with Crippen molar-refractivity contribution in [2.75, 3.05) is 7.05 Å². The van der Waals surface area contributed by atoms with Crippen LogP contribution in [0.3, 0.4) is 0 Å². The predicted octanol–water partition coefficient (Wildman–Crippen LogP) is 2.57. The summed E-state index contributed by atoms with van der Waals surface area (Å²) in [6.07, 6.45) is 0.498. The summed E-state index contributed by atoms with van der Waals surface area (Å²) in [6, 6.07) is 9.23. The molecular formula is C14H16N2O2S. The number of nitrogens with two attached hydrogens (primary N) is 1. The molecule has 2 N–H and O–H groups in total. The van der Waals surface area contributed by atoms with Crippen LogP contribution >= 0.6 is 12.2 Å². The number of hydrogen-bond acceptors (Lipinski definition) is 3. The number of furan rings is 1. The Morgan fingerprint density at radius 3 is 2.79 bits per heavy atom. The molecule has 0 spiro atoms. The standard InChI is InChI=1S/C14H16N2O2S/c1-9(7-13(15)19)16(2)14(17)12-8-10-5-3-4-6-11(10)18-12/h3-6,8-9H,7H2,1-2H3,(H2,15,19). The van der Waals surface area contributed by atoms with E-state index in [1.54, 1.807) is 18.0 Å². The molecule has 2 rings (SSSR count). The van der Waals surface area contributed by atoms with Crippen molar-refractivity contribution in [3.63, 3.8) is 0 Å². The summed E-state index contributed by atoms with van der Waals surface area (Å²) in [4.78, 5) is 14.3. The van der Waals surface area contributed by atoms with Crippen LogP contribution in [0.2, 0.25) is 0 Å². The van der Waals surface area contributed by atoms with Crippen LogP contribution in [0.15, 0.2) is 34.7 Å². The number of fused-ring (bicyclic) bond motifs is 1. The topological polar surface area (TPSA) is 59.5 Å². The number of amides is 1. The van der Waals surface area contributed by atoms with Crippen molar-refractivity contribution in [2.45, 2.75) is 19.4 Å². The Balaban J connectivity index is 2.21. The molecule has 0 bridgehead atoms. The third kappa shape index (κ3) is 2.93. The van der Waals surface area contributed by atoms with E-state index in [-0.39, 0.29) is 11.9 Å². The van der Waals surface area contributed by atoms with E-state index in [9.17, 15) is 4.79 Å². The SMILES string of the molecule is CC(CC(N)=S)N(C)C(=O)c1cc2ccccc2o1. The largest absolute Gasteiger partial charge is 0.451 e. The van der Waals surface area contributed by atoms with Gasteiger partial charge in [-0.15, -0.1) is 0 Å². The summed E-state index contributed by atoms with van der Waals surface area (Å²) < 4.78 is 5.55. The van der Waals surface area contributed by atoms with Crippen molar-refractivity contribution >= 4 is 34.1 Å². The van der Waals surface area contributed by atoms with Crippen LogP contribution in [0.25, 0.3) is 11.0 Å². The van der Waals surface area contributed by atoms with Gasteiger partial charge in [0, 0.05) is 24.9 Å². The molecule has 1 atom stereocenters. The monoisotopic (exact) mass is 276 g/mol. The average molecular weight is 276 g/mol. The van der Waals surface area contributed by atoms with E-state index in [1.165, 1.54) is 0 Å². The second-order valence-corrected chi connectivity index (χ2v) is 5.11. The van der Waals surface area contributed by atoms with Crippen LogP contribution < -0.4 is 5.73 Å². The van der Waals surface area contributed by atoms with Gasteiger partial charge in [0.2, 0.25) is 0 Å². The second-order valence-electron chi connectivity index (χ2n) is 4.58. The van der Waals surface area contributed by atoms with Crippen LogP contribution in [0.4, 0.5) is 0 Å². The molecule has 1 unspecified atom stereocenters. The third-order valence-electron chi connectivity index (χ3n) is 3.11. The fraction of sp³-hybridized carbons (Fsp3) is 0.286. The van der Waals surface area contributed by atoms with Gasteiger partial charge in [0.05, 0.1) is 4.99 Å². The summed E-state index contributed by atoms with van der Waals surface area (Å²) in [6.45, 7) is 1.90. The van der Waals surface area contributed by atoms with Crippen molar-refractivity contribution in [1.82, 2.24) is 4.90 Å². The molecule has 1 heterocycles. The minimum Gasteiger partial charge on any atom is -0.451 e. The zero-order valence-corrected chi connectivity index (χ0v) is 11.7. The van der Waals surface area contributed by atoms with Gasteiger partial charge in [-0.25, -0.2) is 0 Å². The summed E-state index contributed by atoms with van der Waals surface area (Å²) in [5, 5.41) is 0.918. The van der Waals surface area contributed by atoms with Crippen LogP contribution in [0.5, 0.6) is 0 Å². The Morgan fingerprint density at radius 2 is 2.16 bits per heavy atom. The van der Waals surface area contributed by atoms with Crippen LogP contribution in [-0.4, -0.2) is 28.9 Å². The zero-order chi connectivity index (χ0) is 14.0. The number of nitrogens with zero attached hydrogens (tertiary/aromatic N) is 1. The number of rotatable bonds is 4. The van der Waals surface area contributed by atoms with E-state index in [0.717, 1.165) is 5.39 Å². The van der Waals surface area contributed by atoms with Gasteiger partial charge in [0.15, 0.2) is 5.76 Å². The molecule has 19 heavy (non-hydrogen) atoms. The van der Waals surface area contributed by atoms with Crippen molar-refractivity contribution in [2.24, 2.45) is 5.73 Å². The number of para-hydroxylation sites is 1. The lowest BCUT2D eigenvalue weighted by molar-refractivity contribution is 0.0718. The fourth-order valence-corrected chi connectivity index (χ4v) is 2.13. The molecule has 0 radical (unpaired) electrons. The van der Waals surface area contributed by atoms with Crippen LogP contribution in [-0.2, 0) is 0 Å². The normalized spacial score (nSPS) is 12.3. The van der Waals surface area contributed by atoms with E-state index in [1.807, 2.05) is 31.2 Å². The molecule has 0 aliphatic heterocycles. The second kappa shape index (κ2) is 5.40. The molecule has 100 valence electrons. The minimum atomic E-state index is -0.167. The molecule has 0 saturated heterocycles. The van der Waals surface area contributed by atoms with Gasteiger partial charge < -0.3 is 15.1 Å². The number of benzene rings is 1. The van der Waals surface area contributed by atoms with E-state index in [4.69, 9.17) is 22.4 Å². The van der Waals surface area contributed by atoms with Crippen molar-refractivity contribution in [1.29, 1.82) is 0 Å². The molecule has 0 aliphatic carbocycles. The smallest absolute Gasteiger partial charge is 0.289 e. The van der Waals surface area contributed by atoms with Gasteiger partial charge in [0.25, 0.3) is 5.91 Å². The maximum Gasteiger partial charge on any atom is 0.289 e. The molecule has 0 saturated carbocycles. The van der Waals surface area contributed by atoms with Gasteiger partial charge in [-0.2, -0.15) is 0 Å². The van der Waals surface area contributed by atoms with Gasteiger partial charge in [-0.05, 0) is 19.1 Å². The molecule has 2 aromatic rings. The number of carbonyl (C=O) groups excluding carboxylic acids is 1. The highest BCUT2D eigenvalue weighted by atomic mass is 32.1. The first kappa shape index (κ1) is 13.5. The van der Waals surface area contributed by atoms with Gasteiger partial charge in [0.1, 0.15) is 5.58 Å². The first-order valence-electron chi connectivity index (χ1n) is 6.03. The number of carbonyl (C=O) groups is 1. The summed E-state index contributed by atoms with van der Waals surface area (Å²) in [7, 11) is 1.72. The molecular weight excluding hydrogens is 260 g/mol. The third-order valence-corrected chi connectivity index (χ3v) is 3.28. The van der Waals surface area contributed by atoms with Gasteiger partial charge >= 0.3 is 0 Å². The van der Waals surface area contributed by atoms with E-state index in [2.05, 4.69) is 0 Å². The van der Waals surface area contributed by atoms with Crippen molar-refractivity contribution in [3.8, 4) is 0 Å². The van der Waals surface area contributed by atoms with Gasteiger partial charge in [-0.3, -0.25) is 4.79 Å². The van der Waals surface area contributed by atoms with Gasteiger partial charge in [-0.1, -0.05) is 30.4 Å². The Bertz CT molecular complexity index is 588. The summed E-state index contributed by atoms with van der Waals surface area (Å²) in [5.41, 5.74) is 6.21. The Hall–Kier alpha value is -1.88. The lowest BCUT2D eigenvalue weighted by Crippen LogP contribution is -2.37. The average Bonchev–Trinajstić information content (AvgIpc) is 2.79.